The molecular weight excluding hydrogens is 560 g/mol. The highest BCUT2D eigenvalue weighted by Crippen LogP contribution is 2.18. The van der Waals surface area contributed by atoms with Gasteiger partial charge in [-0.3, -0.25) is 9.59 Å². The first-order chi connectivity index (χ1) is 20.7. The van der Waals surface area contributed by atoms with E-state index in [1.54, 1.807) is 36.3 Å². The maximum Gasteiger partial charge on any atom is 0.254 e. The van der Waals surface area contributed by atoms with Gasteiger partial charge in [0.15, 0.2) is 0 Å². The van der Waals surface area contributed by atoms with E-state index in [9.17, 15) is 14.7 Å². The van der Waals surface area contributed by atoms with Crippen molar-refractivity contribution in [1.82, 2.24) is 20.5 Å². The normalized spacial score (nSPS) is 12.5. The van der Waals surface area contributed by atoms with Gasteiger partial charge in [-0.15, -0.1) is 11.3 Å². The molecule has 2 amide bonds. The van der Waals surface area contributed by atoms with E-state index < -0.39 is 12.1 Å². The van der Waals surface area contributed by atoms with Crippen molar-refractivity contribution >= 4 is 23.2 Å². The number of thiazole rings is 1. The zero-order valence-electron chi connectivity index (χ0n) is 25.1. The third kappa shape index (κ3) is 9.22. The molecule has 43 heavy (non-hydrogen) atoms. The van der Waals surface area contributed by atoms with E-state index in [1.165, 1.54) is 11.3 Å². The van der Waals surface area contributed by atoms with Crippen molar-refractivity contribution in [3.05, 3.63) is 117 Å². The number of carbonyl (C=O) groups excluding carboxylic acids is 2. The van der Waals surface area contributed by atoms with E-state index in [0.717, 1.165) is 27.6 Å². The SMILES string of the molecule is COc1cccc(CNC[C@@H](O)[C@H](Cc2ccccc2)NC(=O)c2cccc(C(=O)N(Cc3nc(C)cs3)C(C)C)c2)c1. The Hall–Kier alpha value is -4.05. The molecule has 0 unspecified atom stereocenters. The van der Waals surface area contributed by atoms with Crippen LogP contribution in [0.3, 0.4) is 0 Å². The van der Waals surface area contributed by atoms with Crippen molar-refractivity contribution in [2.45, 2.75) is 58.5 Å². The summed E-state index contributed by atoms with van der Waals surface area (Å²) in [6, 6.07) is 23.6. The predicted molar refractivity (Wildman–Crippen MR) is 170 cm³/mol. The summed E-state index contributed by atoms with van der Waals surface area (Å²) in [5.74, 6) is 0.249. The molecule has 0 aliphatic heterocycles. The summed E-state index contributed by atoms with van der Waals surface area (Å²) in [6.07, 6.45) is -0.417. The van der Waals surface area contributed by atoms with E-state index >= 15 is 0 Å². The van der Waals surface area contributed by atoms with Crippen LogP contribution in [0, 0.1) is 6.92 Å². The van der Waals surface area contributed by atoms with Crippen LogP contribution in [0.2, 0.25) is 0 Å². The van der Waals surface area contributed by atoms with Crippen LogP contribution >= 0.6 is 11.3 Å². The van der Waals surface area contributed by atoms with Crippen LogP contribution in [-0.2, 0) is 19.5 Å². The van der Waals surface area contributed by atoms with Crippen molar-refractivity contribution in [2.75, 3.05) is 13.7 Å². The number of carbonyl (C=O) groups is 2. The third-order valence-electron chi connectivity index (χ3n) is 7.12. The molecule has 0 saturated heterocycles. The van der Waals surface area contributed by atoms with Gasteiger partial charge in [-0.05, 0) is 68.7 Å². The van der Waals surface area contributed by atoms with Gasteiger partial charge in [-0.25, -0.2) is 4.98 Å². The Kier molecular flexibility index (Phi) is 11.4. The van der Waals surface area contributed by atoms with E-state index in [2.05, 4.69) is 15.6 Å². The summed E-state index contributed by atoms with van der Waals surface area (Å²) in [5, 5.41) is 20.3. The molecule has 3 N–H and O–H groups in total. The average molecular weight is 601 g/mol. The lowest BCUT2D eigenvalue weighted by molar-refractivity contribution is 0.0690. The molecule has 0 aliphatic rings. The molecule has 0 bridgehead atoms. The molecule has 226 valence electrons. The van der Waals surface area contributed by atoms with Gasteiger partial charge in [0.25, 0.3) is 11.8 Å². The molecule has 0 fully saturated rings. The molecule has 1 aromatic heterocycles. The fourth-order valence-electron chi connectivity index (χ4n) is 4.76. The highest BCUT2D eigenvalue weighted by molar-refractivity contribution is 7.09. The second-order valence-corrected chi connectivity index (χ2v) is 11.8. The van der Waals surface area contributed by atoms with Gasteiger partial charge < -0.3 is 25.4 Å². The zero-order chi connectivity index (χ0) is 30.8. The molecular formula is C34H40N4O4S. The number of rotatable bonds is 14. The monoisotopic (exact) mass is 600 g/mol. The van der Waals surface area contributed by atoms with Gasteiger partial charge in [-0.2, -0.15) is 0 Å². The van der Waals surface area contributed by atoms with Crippen molar-refractivity contribution in [2.24, 2.45) is 0 Å². The lowest BCUT2D eigenvalue weighted by Crippen LogP contribution is -2.48. The number of nitrogens with zero attached hydrogens (tertiary/aromatic N) is 2. The summed E-state index contributed by atoms with van der Waals surface area (Å²) in [6.45, 7) is 7.08. The molecule has 2 atom stereocenters. The first kappa shape index (κ1) is 31.9. The Bertz CT molecular complexity index is 1490. The number of hydrogen-bond donors (Lipinski definition) is 3. The van der Waals surface area contributed by atoms with Crippen LogP contribution in [0.25, 0.3) is 0 Å². The lowest BCUT2D eigenvalue weighted by Gasteiger charge is -2.26. The number of nitrogens with one attached hydrogen (secondary N) is 2. The predicted octanol–water partition coefficient (Wildman–Crippen LogP) is 5.00. The second-order valence-electron chi connectivity index (χ2n) is 10.8. The van der Waals surface area contributed by atoms with Gasteiger partial charge in [0.05, 0.1) is 25.8 Å². The van der Waals surface area contributed by atoms with E-state index in [0.29, 0.717) is 30.6 Å². The molecule has 4 rings (SSSR count). The summed E-state index contributed by atoms with van der Waals surface area (Å²) >= 11 is 1.53. The molecule has 8 nitrogen and oxygen atoms in total. The minimum Gasteiger partial charge on any atom is -0.497 e. The Morgan fingerprint density at radius 3 is 2.40 bits per heavy atom. The first-order valence-corrected chi connectivity index (χ1v) is 15.3. The van der Waals surface area contributed by atoms with Crippen LogP contribution in [0.1, 0.15) is 56.4 Å². The summed E-state index contributed by atoms with van der Waals surface area (Å²) in [4.78, 5) is 33.3. The molecule has 3 aromatic carbocycles. The second kappa shape index (κ2) is 15.4. The number of benzene rings is 3. The van der Waals surface area contributed by atoms with Gasteiger partial charge in [0, 0.05) is 41.3 Å². The molecule has 0 aliphatic carbocycles. The van der Waals surface area contributed by atoms with Crippen LogP contribution in [0.15, 0.2) is 84.2 Å². The number of aliphatic hydroxyl groups excluding tert-OH is 1. The Morgan fingerprint density at radius 1 is 0.977 bits per heavy atom. The maximum absolute atomic E-state index is 13.5. The Morgan fingerprint density at radius 2 is 1.70 bits per heavy atom. The van der Waals surface area contributed by atoms with Crippen molar-refractivity contribution in [3.8, 4) is 5.75 Å². The van der Waals surface area contributed by atoms with Crippen LogP contribution in [0.4, 0.5) is 0 Å². The minimum absolute atomic E-state index is 0.0518. The molecule has 0 spiro atoms. The number of amides is 2. The average Bonchev–Trinajstić information content (AvgIpc) is 3.44. The minimum atomic E-state index is -0.863. The quantitative estimate of drug-likeness (QED) is 0.188. The molecule has 9 heteroatoms. The number of aromatic nitrogens is 1. The summed E-state index contributed by atoms with van der Waals surface area (Å²) in [7, 11) is 1.63. The number of ether oxygens (including phenoxy) is 1. The van der Waals surface area contributed by atoms with Crippen molar-refractivity contribution in [1.29, 1.82) is 0 Å². The topological polar surface area (TPSA) is 104 Å². The molecule has 0 radical (unpaired) electrons. The van der Waals surface area contributed by atoms with E-state index in [4.69, 9.17) is 4.74 Å². The third-order valence-corrected chi connectivity index (χ3v) is 8.08. The highest BCUT2D eigenvalue weighted by atomic mass is 32.1. The van der Waals surface area contributed by atoms with Crippen LogP contribution in [0.5, 0.6) is 5.75 Å². The number of hydrogen-bond acceptors (Lipinski definition) is 7. The van der Waals surface area contributed by atoms with E-state index in [-0.39, 0.29) is 24.4 Å². The molecule has 1 heterocycles. The van der Waals surface area contributed by atoms with Gasteiger partial charge >= 0.3 is 0 Å². The van der Waals surface area contributed by atoms with Gasteiger partial charge in [0.2, 0.25) is 0 Å². The Balaban J connectivity index is 1.46. The summed E-state index contributed by atoms with van der Waals surface area (Å²) in [5.41, 5.74) is 3.73. The standard InChI is InChI=1S/C34H40N4O4S/c1-23(2)38(21-32-36-24(3)22-43-32)34(41)28-14-9-13-27(18-28)33(40)37-30(17-25-10-6-5-7-11-25)31(39)20-35-19-26-12-8-15-29(16-26)42-4/h5-16,18,22-23,30-31,35,39H,17,19-21H2,1-4H3,(H,37,40)/t30-,31+/m0/s1. The zero-order valence-corrected chi connectivity index (χ0v) is 25.9. The number of aliphatic hydroxyl groups is 1. The lowest BCUT2D eigenvalue weighted by atomic mass is 10.00. The van der Waals surface area contributed by atoms with Crippen molar-refractivity contribution in [3.63, 3.8) is 0 Å². The van der Waals surface area contributed by atoms with E-state index in [1.807, 2.05) is 80.7 Å². The largest absolute Gasteiger partial charge is 0.497 e. The van der Waals surface area contributed by atoms with Crippen LogP contribution in [-0.4, -0.2) is 58.6 Å². The Labute approximate surface area is 257 Å². The first-order valence-electron chi connectivity index (χ1n) is 14.4. The molecule has 0 saturated carbocycles. The fraction of sp³-hybridized carbons (Fsp3) is 0.324. The highest BCUT2D eigenvalue weighted by Gasteiger charge is 2.24. The smallest absolute Gasteiger partial charge is 0.254 e. The number of aryl methyl sites for hydroxylation is 1. The van der Waals surface area contributed by atoms with Gasteiger partial charge in [-0.1, -0.05) is 48.5 Å². The maximum atomic E-state index is 13.5. The van der Waals surface area contributed by atoms with Crippen molar-refractivity contribution < 1.29 is 19.4 Å². The number of methoxy groups -OCH3 is 1. The molecule has 4 aromatic rings. The summed E-state index contributed by atoms with van der Waals surface area (Å²) < 4.78 is 5.30. The fourth-order valence-corrected chi connectivity index (χ4v) is 5.53. The van der Waals surface area contributed by atoms with Crippen LogP contribution < -0.4 is 15.4 Å². The van der Waals surface area contributed by atoms with Gasteiger partial charge in [0.1, 0.15) is 10.8 Å².